The summed E-state index contributed by atoms with van der Waals surface area (Å²) in [5.74, 6) is 2.68. The topological polar surface area (TPSA) is 38.8 Å². The fourth-order valence-corrected chi connectivity index (χ4v) is 3.79. The van der Waals surface area contributed by atoms with E-state index in [0.29, 0.717) is 6.42 Å². The number of rotatable bonds is 4. The van der Waals surface area contributed by atoms with Crippen LogP contribution in [0.3, 0.4) is 0 Å². The Kier molecular flexibility index (Phi) is 5.27. The molecule has 0 N–H and O–H groups in total. The lowest BCUT2D eigenvalue weighted by atomic mass is 9.91. The number of carbonyl (C=O) groups is 1. The molecule has 0 aliphatic carbocycles. The van der Waals surface area contributed by atoms with Crippen molar-refractivity contribution in [1.29, 1.82) is 0 Å². The van der Waals surface area contributed by atoms with Crippen molar-refractivity contribution in [1.82, 2.24) is 4.90 Å². The highest BCUT2D eigenvalue weighted by Gasteiger charge is 2.32. The van der Waals surface area contributed by atoms with Gasteiger partial charge in [0.15, 0.2) is 0 Å². The molecule has 1 fully saturated rings. The van der Waals surface area contributed by atoms with Crippen molar-refractivity contribution in [3.63, 3.8) is 0 Å². The maximum absolute atomic E-state index is 12.6. The highest BCUT2D eigenvalue weighted by molar-refractivity contribution is 7.99. The van der Waals surface area contributed by atoms with E-state index in [-0.39, 0.29) is 16.7 Å². The second kappa shape index (κ2) is 6.82. The number of hydrogen-bond donors (Lipinski definition) is 0. The van der Waals surface area contributed by atoms with Crippen LogP contribution in [0.5, 0.6) is 11.5 Å². The SMILES string of the molecule is COc1cc(OC)cc([C@H]2SCCN2C(=O)CC(C)(C)C)c1. The van der Waals surface area contributed by atoms with E-state index in [0.717, 1.165) is 29.4 Å². The number of carbonyl (C=O) groups excluding carboxylic acids is 1. The molecule has 1 amide bonds. The van der Waals surface area contributed by atoms with E-state index in [1.807, 2.05) is 23.1 Å². The predicted molar refractivity (Wildman–Crippen MR) is 90.5 cm³/mol. The normalized spacial score (nSPS) is 18.4. The number of hydrogen-bond acceptors (Lipinski definition) is 4. The van der Waals surface area contributed by atoms with E-state index < -0.39 is 0 Å². The summed E-state index contributed by atoms with van der Waals surface area (Å²) in [5.41, 5.74) is 1.06. The maximum Gasteiger partial charge on any atom is 0.224 e. The summed E-state index contributed by atoms with van der Waals surface area (Å²) < 4.78 is 10.7. The second-order valence-corrected chi connectivity index (χ2v) is 7.88. The Bertz CT molecular complexity index is 517. The zero-order chi connectivity index (χ0) is 16.3. The number of methoxy groups -OCH3 is 2. The van der Waals surface area contributed by atoms with Crippen LogP contribution in [0.25, 0.3) is 0 Å². The van der Waals surface area contributed by atoms with E-state index in [4.69, 9.17) is 9.47 Å². The number of nitrogens with zero attached hydrogens (tertiary/aromatic N) is 1. The number of ether oxygens (including phenoxy) is 2. The van der Waals surface area contributed by atoms with Gasteiger partial charge in [0, 0.05) is 24.8 Å². The first kappa shape index (κ1) is 17.0. The van der Waals surface area contributed by atoms with Gasteiger partial charge in [0.25, 0.3) is 0 Å². The highest BCUT2D eigenvalue weighted by atomic mass is 32.2. The molecule has 0 aromatic heterocycles. The third kappa shape index (κ3) is 4.09. The summed E-state index contributed by atoms with van der Waals surface area (Å²) in [6, 6.07) is 5.83. The predicted octanol–water partition coefficient (Wildman–Crippen LogP) is 3.71. The Morgan fingerprint density at radius 2 is 1.82 bits per heavy atom. The van der Waals surface area contributed by atoms with Crippen molar-refractivity contribution >= 4 is 17.7 Å². The van der Waals surface area contributed by atoms with Crippen LogP contribution in [-0.2, 0) is 4.79 Å². The average molecular weight is 323 g/mol. The van der Waals surface area contributed by atoms with Gasteiger partial charge in [0.05, 0.1) is 14.2 Å². The molecule has 1 aliphatic heterocycles. The van der Waals surface area contributed by atoms with Gasteiger partial charge in [-0.25, -0.2) is 0 Å². The molecule has 122 valence electrons. The first-order chi connectivity index (χ1) is 10.3. The average Bonchev–Trinajstić information content (AvgIpc) is 2.94. The summed E-state index contributed by atoms with van der Waals surface area (Å²) in [6.07, 6.45) is 0.561. The Balaban J connectivity index is 2.25. The van der Waals surface area contributed by atoms with Crippen molar-refractivity contribution in [2.24, 2.45) is 5.41 Å². The van der Waals surface area contributed by atoms with Gasteiger partial charge >= 0.3 is 0 Å². The third-order valence-electron chi connectivity index (χ3n) is 3.55. The molecule has 4 nitrogen and oxygen atoms in total. The molecule has 1 aromatic rings. The quantitative estimate of drug-likeness (QED) is 0.846. The summed E-state index contributed by atoms with van der Waals surface area (Å²) in [6.45, 7) is 7.08. The van der Waals surface area contributed by atoms with Crippen molar-refractivity contribution in [2.45, 2.75) is 32.6 Å². The summed E-state index contributed by atoms with van der Waals surface area (Å²) in [4.78, 5) is 14.6. The van der Waals surface area contributed by atoms with Crippen LogP contribution >= 0.6 is 11.8 Å². The van der Waals surface area contributed by atoms with Gasteiger partial charge in [-0.2, -0.15) is 0 Å². The summed E-state index contributed by atoms with van der Waals surface area (Å²) in [5, 5.41) is 0.0406. The lowest BCUT2D eigenvalue weighted by molar-refractivity contribution is -0.133. The fourth-order valence-electron chi connectivity index (χ4n) is 2.53. The van der Waals surface area contributed by atoms with Crippen LogP contribution < -0.4 is 9.47 Å². The molecule has 1 aliphatic rings. The molecule has 22 heavy (non-hydrogen) atoms. The Hall–Kier alpha value is -1.36. The van der Waals surface area contributed by atoms with Crippen LogP contribution in [0.2, 0.25) is 0 Å². The van der Waals surface area contributed by atoms with Crippen molar-refractivity contribution in [3.8, 4) is 11.5 Å². The standard InChI is InChI=1S/C17H25NO3S/c1-17(2,3)11-15(19)18-6-7-22-16(18)12-8-13(20-4)10-14(9-12)21-5/h8-10,16H,6-7,11H2,1-5H3/t16-/m1/s1. The minimum absolute atomic E-state index is 0.000950. The molecule has 2 rings (SSSR count). The van der Waals surface area contributed by atoms with Crippen molar-refractivity contribution in [3.05, 3.63) is 23.8 Å². The first-order valence-corrected chi connectivity index (χ1v) is 8.53. The van der Waals surface area contributed by atoms with Crippen LogP contribution in [0.1, 0.15) is 38.1 Å². The van der Waals surface area contributed by atoms with E-state index in [1.165, 1.54) is 0 Å². The fraction of sp³-hybridized carbons (Fsp3) is 0.588. The molecule has 0 bridgehead atoms. The van der Waals surface area contributed by atoms with Crippen LogP contribution in [0.4, 0.5) is 0 Å². The lowest BCUT2D eigenvalue weighted by Crippen LogP contribution is -2.33. The van der Waals surface area contributed by atoms with Gasteiger partial charge < -0.3 is 14.4 Å². The van der Waals surface area contributed by atoms with Gasteiger partial charge in [-0.1, -0.05) is 20.8 Å². The highest BCUT2D eigenvalue weighted by Crippen LogP contribution is 2.41. The van der Waals surface area contributed by atoms with E-state index in [2.05, 4.69) is 20.8 Å². The van der Waals surface area contributed by atoms with Crippen molar-refractivity contribution in [2.75, 3.05) is 26.5 Å². The summed E-state index contributed by atoms with van der Waals surface area (Å²) in [7, 11) is 3.28. The van der Waals surface area contributed by atoms with Gasteiger partial charge in [-0.05, 0) is 23.1 Å². The third-order valence-corrected chi connectivity index (χ3v) is 4.81. The Morgan fingerprint density at radius 1 is 1.23 bits per heavy atom. The number of benzene rings is 1. The molecular formula is C17H25NO3S. The maximum atomic E-state index is 12.6. The van der Waals surface area contributed by atoms with Gasteiger partial charge in [0.2, 0.25) is 5.91 Å². The molecule has 1 saturated heterocycles. The Morgan fingerprint density at radius 3 is 2.32 bits per heavy atom. The molecule has 1 atom stereocenters. The van der Waals surface area contributed by atoms with Crippen LogP contribution in [-0.4, -0.2) is 37.3 Å². The molecule has 5 heteroatoms. The summed E-state index contributed by atoms with van der Waals surface area (Å²) >= 11 is 1.79. The largest absolute Gasteiger partial charge is 0.497 e. The van der Waals surface area contributed by atoms with E-state index >= 15 is 0 Å². The minimum atomic E-state index is 0.000950. The molecule has 0 radical (unpaired) electrons. The second-order valence-electron chi connectivity index (χ2n) is 6.69. The molecular weight excluding hydrogens is 298 g/mol. The molecule has 1 aromatic carbocycles. The van der Waals surface area contributed by atoms with Gasteiger partial charge in [-0.15, -0.1) is 11.8 Å². The van der Waals surface area contributed by atoms with Gasteiger partial charge in [0.1, 0.15) is 16.9 Å². The van der Waals surface area contributed by atoms with Crippen LogP contribution in [0, 0.1) is 5.41 Å². The smallest absolute Gasteiger partial charge is 0.224 e. The molecule has 0 spiro atoms. The molecule has 1 heterocycles. The number of amides is 1. The zero-order valence-electron chi connectivity index (χ0n) is 14.0. The lowest BCUT2D eigenvalue weighted by Gasteiger charge is -2.28. The van der Waals surface area contributed by atoms with Crippen molar-refractivity contribution < 1.29 is 14.3 Å². The zero-order valence-corrected chi connectivity index (χ0v) is 14.8. The van der Waals surface area contributed by atoms with E-state index in [1.54, 1.807) is 26.0 Å². The number of thioether (sulfide) groups is 1. The molecule has 0 saturated carbocycles. The van der Waals surface area contributed by atoms with Crippen LogP contribution in [0.15, 0.2) is 18.2 Å². The van der Waals surface area contributed by atoms with Gasteiger partial charge in [-0.3, -0.25) is 4.79 Å². The van der Waals surface area contributed by atoms with E-state index in [9.17, 15) is 4.79 Å². The minimum Gasteiger partial charge on any atom is -0.497 e. The monoisotopic (exact) mass is 323 g/mol. The first-order valence-electron chi connectivity index (χ1n) is 7.48. The molecule has 0 unspecified atom stereocenters. The Labute approximate surface area is 137 Å².